The molecule has 2 atom stereocenters. The maximum Gasteiger partial charge on any atom is 0.235 e. The highest BCUT2D eigenvalue weighted by Gasteiger charge is 2.47. The van der Waals surface area contributed by atoms with Gasteiger partial charge in [-0.1, -0.05) is 37.1 Å². The van der Waals surface area contributed by atoms with Gasteiger partial charge in [0.2, 0.25) is 6.08 Å². The van der Waals surface area contributed by atoms with Gasteiger partial charge in [-0.05, 0) is 30.4 Å². The van der Waals surface area contributed by atoms with Crippen molar-refractivity contribution in [3.63, 3.8) is 0 Å². The molecule has 0 saturated heterocycles. The van der Waals surface area contributed by atoms with E-state index in [9.17, 15) is 4.79 Å². The molecule has 0 heterocycles. The average Bonchev–Trinajstić information content (AvgIpc) is 2.63. The van der Waals surface area contributed by atoms with E-state index in [1.807, 2.05) is 6.08 Å². The zero-order chi connectivity index (χ0) is 11.0. The van der Waals surface area contributed by atoms with Crippen molar-refractivity contribution in [3.05, 3.63) is 35.4 Å². The topological polar surface area (TPSA) is 29.4 Å². The van der Waals surface area contributed by atoms with Gasteiger partial charge in [0.25, 0.3) is 0 Å². The minimum Gasteiger partial charge on any atom is -0.211 e. The zero-order valence-electron chi connectivity index (χ0n) is 9.28. The number of hydrogen-bond donors (Lipinski definition) is 0. The Morgan fingerprint density at radius 1 is 1.31 bits per heavy atom. The molecule has 0 bridgehead atoms. The first kappa shape index (κ1) is 9.80. The predicted molar refractivity (Wildman–Crippen MR) is 62.2 cm³/mol. The number of rotatable bonds is 1. The van der Waals surface area contributed by atoms with Crippen molar-refractivity contribution < 1.29 is 4.79 Å². The van der Waals surface area contributed by atoms with Crippen LogP contribution in [-0.2, 0) is 11.2 Å². The van der Waals surface area contributed by atoms with Gasteiger partial charge in [0.05, 0.1) is 5.54 Å². The number of benzene rings is 1. The fraction of sp³-hybridized carbons (Fsp3) is 0.500. The summed E-state index contributed by atoms with van der Waals surface area (Å²) in [7, 11) is 0. The van der Waals surface area contributed by atoms with E-state index < -0.39 is 0 Å². The predicted octanol–water partition coefficient (Wildman–Crippen LogP) is 2.97. The third kappa shape index (κ3) is 1.27. The summed E-state index contributed by atoms with van der Waals surface area (Å²) in [6.45, 7) is 0. The van der Waals surface area contributed by atoms with E-state index in [4.69, 9.17) is 0 Å². The molecule has 0 aliphatic heterocycles. The number of aliphatic imine (C=N–C) groups is 1. The lowest BCUT2D eigenvalue weighted by molar-refractivity contribution is 0.274. The lowest BCUT2D eigenvalue weighted by Gasteiger charge is -2.34. The molecule has 82 valence electrons. The molecule has 1 aromatic carbocycles. The summed E-state index contributed by atoms with van der Waals surface area (Å²) in [5.41, 5.74) is 2.65. The van der Waals surface area contributed by atoms with Crippen molar-refractivity contribution in [1.82, 2.24) is 0 Å². The smallest absolute Gasteiger partial charge is 0.211 e. The van der Waals surface area contributed by atoms with Gasteiger partial charge in [0.1, 0.15) is 0 Å². The first-order chi connectivity index (χ1) is 7.86. The summed E-state index contributed by atoms with van der Waals surface area (Å²) in [6, 6.07) is 8.55. The van der Waals surface area contributed by atoms with Gasteiger partial charge in [0, 0.05) is 5.92 Å². The van der Waals surface area contributed by atoms with Crippen LogP contribution in [0, 0.1) is 0 Å². The third-order valence-corrected chi connectivity index (χ3v) is 4.20. The Balaban J connectivity index is 2.10. The first-order valence-electron chi connectivity index (χ1n) is 6.02. The molecule has 16 heavy (non-hydrogen) atoms. The number of isocyanates is 1. The molecule has 0 N–H and O–H groups in total. The quantitative estimate of drug-likeness (QED) is 0.521. The highest BCUT2D eigenvalue weighted by molar-refractivity contribution is 5.45. The van der Waals surface area contributed by atoms with Crippen LogP contribution in [0.2, 0.25) is 0 Å². The Kier molecular flexibility index (Phi) is 2.19. The molecule has 0 aromatic heterocycles. The maximum absolute atomic E-state index is 10.7. The van der Waals surface area contributed by atoms with E-state index in [1.54, 1.807) is 0 Å². The molecule has 1 aromatic rings. The molecule has 1 fully saturated rings. The highest BCUT2D eigenvalue weighted by Crippen LogP contribution is 2.51. The van der Waals surface area contributed by atoms with Crippen LogP contribution in [0.3, 0.4) is 0 Å². The second-order valence-corrected chi connectivity index (χ2v) is 4.98. The van der Waals surface area contributed by atoms with Crippen molar-refractivity contribution in [3.8, 4) is 0 Å². The first-order valence-corrected chi connectivity index (χ1v) is 6.02. The van der Waals surface area contributed by atoms with Crippen molar-refractivity contribution in [2.24, 2.45) is 4.99 Å². The Hall–Kier alpha value is -1.40. The van der Waals surface area contributed by atoms with Crippen molar-refractivity contribution in [2.45, 2.75) is 43.6 Å². The van der Waals surface area contributed by atoms with Gasteiger partial charge in [0.15, 0.2) is 0 Å². The fourth-order valence-electron chi connectivity index (χ4n) is 3.51. The molecule has 2 aliphatic carbocycles. The standard InChI is InChI=1S/C14H15NO/c16-10-15-14-8-4-3-7-13(14)12-6-2-1-5-11(12)9-14/h1-2,5-6,13H,3-4,7-9H2/t13-,14-/m1/s1. The number of carbonyl (C=O) groups excluding carboxylic acids is 1. The van der Waals surface area contributed by atoms with Gasteiger partial charge >= 0.3 is 0 Å². The van der Waals surface area contributed by atoms with Gasteiger partial charge in [-0.15, -0.1) is 0 Å². The molecule has 0 spiro atoms. The fourth-order valence-corrected chi connectivity index (χ4v) is 3.51. The van der Waals surface area contributed by atoms with Crippen LogP contribution < -0.4 is 0 Å². The van der Waals surface area contributed by atoms with E-state index >= 15 is 0 Å². The Labute approximate surface area is 95.4 Å². The molecule has 2 nitrogen and oxygen atoms in total. The molecule has 2 heteroatoms. The molecule has 0 radical (unpaired) electrons. The van der Waals surface area contributed by atoms with Crippen LogP contribution >= 0.6 is 0 Å². The summed E-state index contributed by atoms with van der Waals surface area (Å²) in [6.07, 6.45) is 7.40. The molecule has 3 rings (SSSR count). The van der Waals surface area contributed by atoms with E-state index in [2.05, 4.69) is 29.3 Å². The van der Waals surface area contributed by atoms with Crippen molar-refractivity contribution in [1.29, 1.82) is 0 Å². The summed E-state index contributed by atoms with van der Waals surface area (Å²) in [5.74, 6) is 0.457. The summed E-state index contributed by atoms with van der Waals surface area (Å²) < 4.78 is 0. The Bertz CT molecular complexity index is 462. The number of hydrogen-bond acceptors (Lipinski definition) is 2. The highest BCUT2D eigenvalue weighted by atomic mass is 16.1. The van der Waals surface area contributed by atoms with Crippen LogP contribution in [0.4, 0.5) is 0 Å². The van der Waals surface area contributed by atoms with E-state index in [-0.39, 0.29) is 5.54 Å². The number of nitrogens with zero attached hydrogens (tertiary/aromatic N) is 1. The summed E-state index contributed by atoms with van der Waals surface area (Å²) in [4.78, 5) is 14.9. The SMILES string of the molecule is O=C=N[C@@]12CCCC[C@@H]1c1ccccc1C2. The molecule has 2 aliphatic rings. The monoisotopic (exact) mass is 213 g/mol. The average molecular weight is 213 g/mol. The van der Waals surface area contributed by atoms with E-state index in [1.165, 1.54) is 30.4 Å². The second-order valence-electron chi connectivity index (χ2n) is 4.98. The van der Waals surface area contributed by atoms with Crippen LogP contribution in [0.1, 0.15) is 42.7 Å². The van der Waals surface area contributed by atoms with Crippen LogP contribution in [0.5, 0.6) is 0 Å². The second kappa shape index (κ2) is 3.57. The lowest BCUT2D eigenvalue weighted by Crippen LogP contribution is -2.34. The molecule has 1 saturated carbocycles. The maximum atomic E-state index is 10.7. The van der Waals surface area contributed by atoms with Gasteiger partial charge in [-0.3, -0.25) is 0 Å². The summed E-state index contributed by atoms with van der Waals surface area (Å²) in [5, 5.41) is 0. The Morgan fingerprint density at radius 2 is 2.19 bits per heavy atom. The molecular formula is C14H15NO. The van der Waals surface area contributed by atoms with Gasteiger partial charge < -0.3 is 0 Å². The van der Waals surface area contributed by atoms with Crippen LogP contribution in [-0.4, -0.2) is 11.6 Å². The van der Waals surface area contributed by atoms with Crippen LogP contribution in [0.25, 0.3) is 0 Å². The molecule has 0 amide bonds. The lowest BCUT2D eigenvalue weighted by atomic mass is 9.74. The third-order valence-electron chi connectivity index (χ3n) is 4.20. The van der Waals surface area contributed by atoms with Gasteiger partial charge in [-0.25, -0.2) is 4.79 Å². The molecular weight excluding hydrogens is 198 g/mol. The minimum absolute atomic E-state index is 0.149. The Morgan fingerprint density at radius 3 is 3.06 bits per heavy atom. The van der Waals surface area contributed by atoms with E-state index in [0.717, 1.165) is 12.8 Å². The zero-order valence-corrected chi connectivity index (χ0v) is 9.28. The van der Waals surface area contributed by atoms with Gasteiger partial charge in [-0.2, -0.15) is 4.99 Å². The number of fused-ring (bicyclic) bond motifs is 3. The summed E-state index contributed by atoms with van der Waals surface area (Å²) >= 11 is 0. The molecule has 0 unspecified atom stereocenters. The minimum atomic E-state index is -0.149. The normalized spacial score (nSPS) is 31.4. The van der Waals surface area contributed by atoms with Crippen molar-refractivity contribution >= 4 is 6.08 Å². The largest absolute Gasteiger partial charge is 0.235 e. The van der Waals surface area contributed by atoms with Crippen LogP contribution in [0.15, 0.2) is 29.3 Å². The van der Waals surface area contributed by atoms with Crippen molar-refractivity contribution in [2.75, 3.05) is 0 Å². The van der Waals surface area contributed by atoms with E-state index in [0.29, 0.717) is 5.92 Å².